The van der Waals surface area contributed by atoms with E-state index in [2.05, 4.69) is 5.32 Å². The topological polar surface area (TPSA) is 75.6 Å². The molecule has 2 N–H and O–H groups in total. The van der Waals surface area contributed by atoms with E-state index in [1.807, 2.05) is 0 Å². The monoisotopic (exact) mass is 345 g/mol. The number of amides is 1. The van der Waals surface area contributed by atoms with Gasteiger partial charge in [0.1, 0.15) is 11.6 Å². The molecule has 0 spiro atoms. The Hall–Kier alpha value is -2.89. The summed E-state index contributed by atoms with van der Waals surface area (Å²) in [5.74, 6) is -0.930. The lowest BCUT2D eigenvalue weighted by molar-refractivity contribution is -0.137. The minimum atomic E-state index is -1.00. The molecular formula is C19H20FNO4. The zero-order valence-electron chi connectivity index (χ0n) is 13.9. The number of ether oxygens (including phenoxy) is 1. The van der Waals surface area contributed by atoms with Crippen molar-refractivity contribution in [3.63, 3.8) is 0 Å². The number of aliphatic carboxylic acids is 1. The largest absolute Gasteiger partial charge is 0.497 e. The van der Waals surface area contributed by atoms with Gasteiger partial charge in [0.2, 0.25) is 5.91 Å². The van der Waals surface area contributed by atoms with Crippen LogP contribution in [0.2, 0.25) is 0 Å². The predicted molar refractivity (Wildman–Crippen MR) is 90.9 cm³/mol. The van der Waals surface area contributed by atoms with Crippen LogP contribution >= 0.6 is 0 Å². The van der Waals surface area contributed by atoms with E-state index in [0.717, 1.165) is 5.56 Å². The number of aryl methyl sites for hydroxylation is 1. The zero-order valence-corrected chi connectivity index (χ0v) is 13.9. The quantitative estimate of drug-likeness (QED) is 0.771. The SMILES string of the molecule is COc1ccc([C@H](CC(=O)O)NC(=O)CCc2ccc(F)cc2)cc1. The van der Waals surface area contributed by atoms with Gasteiger partial charge in [0, 0.05) is 6.42 Å². The maximum absolute atomic E-state index is 12.9. The number of halogens is 1. The van der Waals surface area contributed by atoms with Crippen molar-refractivity contribution >= 4 is 11.9 Å². The first-order valence-electron chi connectivity index (χ1n) is 7.87. The van der Waals surface area contributed by atoms with Crippen molar-refractivity contribution in [2.45, 2.75) is 25.3 Å². The molecule has 0 saturated carbocycles. The van der Waals surface area contributed by atoms with Crippen molar-refractivity contribution in [1.29, 1.82) is 0 Å². The molecule has 0 unspecified atom stereocenters. The Morgan fingerprint density at radius 2 is 1.76 bits per heavy atom. The van der Waals surface area contributed by atoms with Crippen LogP contribution in [-0.2, 0) is 16.0 Å². The molecule has 5 nitrogen and oxygen atoms in total. The van der Waals surface area contributed by atoms with Crippen molar-refractivity contribution in [3.8, 4) is 5.75 Å². The number of hydrogen-bond acceptors (Lipinski definition) is 3. The second-order valence-corrected chi connectivity index (χ2v) is 5.62. The number of hydrogen-bond donors (Lipinski definition) is 2. The first kappa shape index (κ1) is 18.4. The highest BCUT2D eigenvalue weighted by molar-refractivity contribution is 5.78. The van der Waals surface area contributed by atoms with Crippen LogP contribution in [0.3, 0.4) is 0 Å². The molecule has 0 radical (unpaired) electrons. The van der Waals surface area contributed by atoms with E-state index in [1.165, 1.54) is 12.1 Å². The summed E-state index contributed by atoms with van der Waals surface area (Å²) in [6.07, 6.45) is 0.432. The van der Waals surface area contributed by atoms with Crippen molar-refractivity contribution in [1.82, 2.24) is 5.32 Å². The molecule has 0 bridgehead atoms. The van der Waals surface area contributed by atoms with Crippen LogP contribution in [0.5, 0.6) is 5.75 Å². The van der Waals surface area contributed by atoms with Gasteiger partial charge in [-0.1, -0.05) is 24.3 Å². The molecule has 0 aromatic heterocycles. The van der Waals surface area contributed by atoms with E-state index in [1.54, 1.807) is 43.5 Å². The van der Waals surface area contributed by atoms with Crippen LogP contribution < -0.4 is 10.1 Å². The third-order valence-electron chi connectivity index (χ3n) is 3.79. The van der Waals surface area contributed by atoms with Gasteiger partial charge in [0.15, 0.2) is 0 Å². The predicted octanol–water partition coefficient (Wildman–Crippen LogP) is 3.10. The average molecular weight is 345 g/mol. The van der Waals surface area contributed by atoms with E-state index in [0.29, 0.717) is 17.7 Å². The number of rotatable bonds is 8. The number of carbonyl (C=O) groups is 2. The van der Waals surface area contributed by atoms with E-state index >= 15 is 0 Å². The molecule has 0 aliphatic carbocycles. The van der Waals surface area contributed by atoms with Crippen LogP contribution in [0.25, 0.3) is 0 Å². The first-order valence-corrected chi connectivity index (χ1v) is 7.87. The van der Waals surface area contributed by atoms with E-state index in [9.17, 15) is 14.0 Å². The van der Waals surface area contributed by atoms with Crippen LogP contribution in [0, 0.1) is 5.82 Å². The van der Waals surface area contributed by atoms with Crippen molar-refractivity contribution in [2.75, 3.05) is 7.11 Å². The summed E-state index contributed by atoms with van der Waals surface area (Å²) in [6.45, 7) is 0. The Bertz CT molecular complexity index is 713. The zero-order chi connectivity index (χ0) is 18.2. The Kier molecular flexibility index (Phi) is 6.51. The lowest BCUT2D eigenvalue weighted by Crippen LogP contribution is -2.30. The third kappa shape index (κ3) is 5.91. The van der Waals surface area contributed by atoms with Gasteiger partial charge in [-0.15, -0.1) is 0 Å². The minimum Gasteiger partial charge on any atom is -0.497 e. The summed E-state index contributed by atoms with van der Waals surface area (Å²) >= 11 is 0. The first-order chi connectivity index (χ1) is 12.0. The van der Waals surface area contributed by atoms with Crippen molar-refractivity contribution < 1.29 is 23.8 Å². The molecule has 2 aromatic rings. The molecule has 6 heteroatoms. The smallest absolute Gasteiger partial charge is 0.305 e. The number of benzene rings is 2. The highest BCUT2D eigenvalue weighted by Crippen LogP contribution is 2.20. The summed E-state index contributed by atoms with van der Waals surface area (Å²) in [5, 5.41) is 11.8. The summed E-state index contributed by atoms with van der Waals surface area (Å²) in [6, 6.07) is 12.2. The average Bonchev–Trinajstić information content (AvgIpc) is 2.60. The summed E-state index contributed by atoms with van der Waals surface area (Å²) in [5.41, 5.74) is 1.54. The van der Waals surface area contributed by atoms with Gasteiger partial charge in [-0.3, -0.25) is 9.59 Å². The molecule has 0 aliphatic heterocycles. The lowest BCUT2D eigenvalue weighted by Gasteiger charge is -2.18. The van der Waals surface area contributed by atoms with Gasteiger partial charge in [-0.2, -0.15) is 0 Å². The van der Waals surface area contributed by atoms with E-state index < -0.39 is 12.0 Å². The number of carbonyl (C=O) groups excluding carboxylic acids is 1. The highest BCUT2D eigenvalue weighted by atomic mass is 19.1. The van der Waals surface area contributed by atoms with Crippen LogP contribution in [0.1, 0.15) is 30.0 Å². The standard InChI is InChI=1S/C19H20FNO4/c1-25-16-9-5-14(6-10-16)17(12-19(23)24)21-18(22)11-4-13-2-7-15(20)8-3-13/h2-3,5-10,17H,4,11-12H2,1H3,(H,21,22)(H,23,24)/t17-/m0/s1. The highest BCUT2D eigenvalue weighted by Gasteiger charge is 2.18. The van der Waals surface area contributed by atoms with Crippen molar-refractivity contribution in [3.05, 3.63) is 65.5 Å². The summed E-state index contributed by atoms with van der Waals surface area (Å²) in [7, 11) is 1.54. The molecule has 132 valence electrons. The second kappa shape index (κ2) is 8.82. The van der Waals surface area contributed by atoms with Gasteiger partial charge in [0.25, 0.3) is 0 Å². The Morgan fingerprint density at radius 1 is 1.12 bits per heavy atom. The molecule has 2 rings (SSSR count). The van der Waals surface area contributed by atoms with Gasteiger partial charge >= 0.3 is 5.97 Å². The maximum Gasteiger partial charge on any atom is 0.305 e. The normalized spacial score (nSPS) is 11.6. The number of carboxylic acid groups (broad SMARTS) is 1. The Labute approximate surface area is 145 Å². The summed E-state index contributed by atoms with van der Waals surface area (Å²) in [4.78, 5) is 23.3. The minimum absolute atomic E-state index is 0.192. The fraction of sp³-hybridized carbons (Fsp3) is 0.263. The number of nitrogens with one attached hydrogen (secondary N) is 1. The molecule has 1 amide bonds. The molecule has 0 heterocycles. The molecule has 1 atom stereocenters. The number of methoxy groups -OCH3 is 1. The van der Waals surface area contributed by atoms with Gasteiger partial charge in [0.05, 0.1) is 19.6 Å². The molecule has 2 aromatic carbocycles. The maximum atomic E-state index is 12.9. The van der Waals surface area contributed by atoms with Crippen molar-refractivity contribution in [2.24, 2.45) is 0 Å². The summed E-state index contributed by atoms with van der Waals surface area (Å²) < 4.78 is 18.0. The molecule has 25 heavy (non-hydrogen) atoms. The Balaban J connectivity index is 1.98. The van der Waals surface area contributed by atoms with Gasteiger partial charge < -0.3 is 15.2 Å². The van der Waals surface area contributed by atoms with Crippen LogP contribution in [-0.4, -0.2) is 24.1 Å². The fourth-order valence-electron chi connectivity index (χ4n) is 2.44. The molecular weight excluding hydrogens is 325 g/mol. The van der Waals surface area contributed by atoms with Gasteiger partial charge in [-0.25, -0.2) is 4.39 Å². The van der Waals surface area contributed by atoms with E-state index in [-0.39, 0.29) is 24.6 Å². The van der Waals surface area contributed by atoms with Crippen LogP contribution in [0.4, 0.5) is 4.39 Å². The van der Waals surface area contributed by atoms with E-state index in [4.69, 9.17) is 9.84 Å². The van der Waals surface area contributed by atoms with Crippen LogP contribution in [0.15, 0.2) is 48.5 Å². The Morgan fingerprint density at radius 3 is 2.32 bits per heavy atom. The fourth-order valence-corrected chi connectivity index (χ4v) is 2.44. The lowest BCUT2D eigenvalue weighted by atomic mass is 10.0. The molecule has 0 saturated heterocycles. The number of carboxylic acids is 1. The molecule has 0 aliphatic rings. The van der Waals surface area contributed by atoms with Gasteiger partial charge in [-0.05, 0) is 41.8 Å². The molecule has 0 fully saturated rings. The third-order valence-corrected chi connectivity index (χ3v) is 3.79. The second-order valence-electron chi connectivity index (χ2n) is 5.62.